The lowest BCUT2D eigenvalue weighted by atomic mass is 9.99. The van der Waals surface area contributed by atoms with Gasteiger partial charge in [0.05, 0.1) is 6.42 Å². The van der Waals surface area contributed by atoms with Crippen molar-refractivity contribution in [2.24, 2.45) is 0 Å². The van der Waals surface area contributed by atoms with E-state index >= 15 is 0 Å². The number of carbonyl (C=O) groups is 2. The van der Waals surface area contributed by atoms with Gasteiger partial charge in [0.25, 0.3) is 0 Å². The molecule has 0 radical (unpaired) electrons. The summed E-state index contributed by atoms with van der Waals surface area (Å²) in [6, 6.07) is 0.298. The van der Waals surface area contributed by atoms with E-state index in [2.05, 4.69) is 6.92 Å². The van der Waals surface area contributed by atoms with Crippen molar-refractivity contribution in [3.8, 4) is 0 Å². The quantitative estimate of drug-likeness (QED) is 0.854. The summed E-state index contributed by atoms with van der Waals surface area (Å²) >= 11 is 0. The predicted molar refractivity (Wildman–Crippen MR) is 72.0 cm³/mol. The fraction of sp³-hybridized carbons (Fsp3) is 0.857. The van der Waals surface area contributed by atoms with E-state index in [0.29, 0.717) is 12.6 Å². The molecule has 5 heteroatoms. The number of carboxylic acid groups (broad SMARTS) is 1. The van der Waals surface area contributed by atoms with Crippen LogP contribution in [0.2, 0.25) is 0 Å². The Hall–Kier alpha value is -1.26. The summed E-state index contributed by atoms with van der Waals surface area (Å²) < 4.78 is 0. The van der Waals surface area contributed by atoms with Gasteiger partial charge in [-0.05, 0) is 38.5 Å². The molecule has 2 fully saturated rings. The molecule has 2 aliphatic rings. The minimum absolute atomic E-state index is 0.0651. The molecule has 0 aromatic heterocycles. The van der Waals surface area contributed by atoms with E-state index in [4.69, 9.17) is 5.11 Å². The summed E-state index contributed by atoms with van der Waals surface area (Å²) in [7, 11) is 0. The highest BCUT2D eigenvalue weighted by Gasteiger charge is 2.35. The van der Waals surface area contributed by atoms with E-state index in [9.17, 15) is 9.59 Å². The Bertz CT molecular complexity index is 346. The maximum absolute atomic E-state index is 12.6. The zero-order valence-electron chi connectivity index (χ0n) is 11.7. The molecule has 2 amide bonds. The lowest BCUT2D eigenvalue weighted by Gasteiger charge is -2.39. The summed E-state index contributed by atoms with van der Waals surface area (Å²) in [5.74, 6) is -0.807. The molecule has 0 saturated carbocycles. The molecule has 0 spiro atoms. The Labute approximate surface area is 114 Å². The Kier molecular flexibility index (Phi) is 4.66. The number of hydrogen-bond donors (Lipinski definition) is 1. The number of carbonyl (C=O) groups excluding carboxylic acids is 1. The van der Waals surface area contributed by atoms with Gasteiger partial charge in [0.1, 0.15) is 0 Å². The SMILES string of the molecule is CCC1CCCN1C(=O)N1CCCCC1CC(=O)O. The molecule has 1 N–H and O–H groups in total. The Morgan fingerprint density at radius 3 is 2.37 bits per heavy atom. The summed E-state index contributed by atoms with van der Waals surface area (Å²) in [5, 5.41) is 8.98. The molecule has 2 unspecified atom stereocenters. The molecule has 108 valence electrons. The number of amides is 2. The molecule has 0 aromatic carbocycles. The van der Waals surface area contributed by atoms with E-state index in [1.807, 2.05) is 9.80 Å². The van der Waals surface area contributed by atoms with Crippen LogP contribution in [0, 0.1) is 0 Å². The second-order valence-electron chi connectivity index (χ2n) is 5.62. The topological polar surface area (TPSA) is 60.9 Å². The first-order chi connectivity index (χ1) is 9.13. The first-order valence-electron chi connectivity index (χ1n) is 7.42. The van der Waals surface area contributed by atoms with Crippen LogP contribution in [0.3, 0.4) is 0 Å². The second kappa shape index (κ2) is 6.26. The molecule has 2 heterocycles. The van der Waals surface area contributed by atoms with Crippen molar-refractivity contribution in [1.82, 2.24) is 9.80 Å². The predicted octanol–water partition coefficient (Wildman–Crippen LogP) is 2.31. The zero-order chi connectivity index (χ0) is 13.8. The average Bonchev–Trinajstić information content (AvgIpc) is 2.86. The Balaban J connectivity index is 2.04. The van der Waals surface area contributed by atoms with E-state index in [1.165, 1.54) is 0 Å². The molecular weight excluding hydrogens is 244 g/mol. The fourth-order valence-electron chi connectivity index (χ4n) is 3.34. The van der Waals surface area contributed by atoms with Gasteiger partial charge in [0, 0.05) is 25.2 Å². The smallest absolute Gasteiger partial charge is 0.320 e. The minimum Gasteiger partial charge on any atom is -0.481 e. The molecule has 0 bridgehead atoms. The lowest BCUT2D eigenvalue weighted by molar-refractivity contribution is -0.138. The van der Waals surface area contributed by atoms with Crippen LogP contribution in [0.5, 0.6) is 0 Å². The molecule has 19 heavy (non-hydrogen) atoms. The van der Waals surface area contributed by atoms with Gasteiger partial charge in [-0.1, -0.05) is 6.92 Å². The summed E-state index contributed by atoms with van der Waals surface area (Å²) in [6.07, 6.45) is 6.06. The van der Waals surface area contributed by atoms with Gasteiger partial charge in [0.15, 0.2) is 0 Å². The molecule has 0 aliphatic carbocycles. The van der Waals surface area contributed by atoms with Gasteiger partial charge >= 0.3 is 12.0 Å². The number of carboxylic acids is 1. The van der Waals surface area contributed by atoms with Crippen LogP contribution in [-0.4, -0.2) is 52.1 Å². The third-order valence-electron chi connectivity index (χ3n) is 4.38. The van der Waals surface area contributed by atoms with Crippen LogP contribution in [-0.2, 0) is 4.79 Å². The fourth-order valence-corrected chi connectivity index (χ4v) is 3.34. The van der Waals surface area contributed by atoms with Crippen LogP contribution in [0.1, 0.15) is 51.9 Å². The highest BCUT2D eigenvalue weighted by molar-refractivity contribution is 5.77. The summed E-state index contributed by atoms with van der Waals surface area (Å²) in [6.45, 7) is 3.65. The van der Waals surface area contributed by atoms with Crippen molar-refractivity contribution in [2.45, 2.75) is 64.0 Å². The third-order valence-corrected chi connectivity index (χ3v) is 4.38. The molecule has 2 aliphatic heterocycles. The molecule has 2 rings (SSSR count). The zero-order valence-corrected chi connectivity index (χ0v) is 11.7. The number of urea groups is 1. The number of piperidine rings is 1. The van der Waals surface area contributed by atoms with Crippen LogP contribution in [0.25, 0.3) is 0 Å². The van der Waals surface area contributed by atoms with Crippen molar-refractivity contribution >= 4 is 12.0 Å². The normalized spacial score (nSPS) is 27.6. The first-order valence-corrected chi connectivity index (χ1v) is 7.42. The molecular formula is C14H24N2O3. The van der Waals surface area contributed by atoms with E-state index in [1.54, 1.807) is 0 Å². The minimum atomic E-state index is -0.807. The highest BCUT2D eigenvalue weighted by atomic mass is 16.4. The second-order valence-corrected chi connectivity index (χ2v) is 5.62. The largest absolute Gasteiger partial charge is 0.481 e. The van der Waals surface area contributed by atoms with Crippen molar-refractivity contribution < 1.29 is 14.7 Å². The number of rotatable bonds is 3. The monoisotopic (exact) mass is 268 g/mol. The number of aliphatic carboxylic acids is 1. The highest BCUT2D eigenvalue weighted by Crippen LogP contribution is 2.26. The Morgan fingerprint density at radius 1 is 1.05 bits per heavy atom. The number of nitrogens with zero attached hydrogens (tertiary/aromatic N) is 2. The van der Waals surface area contributed by atoms with Crippen molar-refractivity contribution in [2.75, 3.05) is 13.1 Å². The van der Waals surface area contributed by atoms with Crippen molar-refractivity contribution in [3.63, 3.8) is 0 Å². The van der Waals surface area contributed by atoms with Gasteiger partial charge in [-0.25, -0.2) is 4.79 Å². The maximum Gasteiger partial charge on any atom is 0.320 e. The van der Waals surface area contributed by atoms with Gasteiger partial charge in [-0.3, -0.25) is 4.79 Å². The Morgan fingerprint density at radius 2 is 1.68 bits per heavy atom. The summed E-state index contributed by atoms with van der Waals surface area (Å²) in [4.78, 5) is 27.3. The van der Waals surface area contributed by atoms with Gasteiger partial charge in [-0.15, -0.1) is 0 Å². The van der Waals surface area contributed by atoms with Crippen molar-refractivity contribution in [1.29, 1.82) is 0 Å². The molecule has 2 saturated heterocycles. The third kappa shape index (κ3) is 3.19. The molecule has 5 nitrogen and oxygen atoms in total. The van der Waals surface area contributed by atoms with E-state index < -0.39 is 5.97 Å². The maximum atomic E-state index is 12.6. The van der Waals surface area contributed by atoms with Crippen LogP contribution < -0.4 is 0 Å². The number of likely N-dealkylation sites (tertiary alicyclic amines) is 2. The number of hydrogen-bond acceptors (Lipinski definition) is 2. The molecule has 2 atom stereocenters. The van der Waals surface area contributed by atoms with Gasteiger partial charge in [-0.2, -0.15) is 0 Å². The lowest BCUT2D eigenvalue weighted by Crippen LogP contribution is -2.52. The molecule has 0 aromatic rings. The standard InChI is InChI=1S/C14H24N2O3/c1-2-11-7-5-9-15(11)14(19)16-8-4-3-6-12(16)10-13(17)18/h11-12H,2-10H2,1H3,(H,17,18). The van der Waals surface area contributed by atoms with Crippen molar-refractivity contribution in [3.05, 3.63) is 0 Å². The van der Waals surface area contributed by atoms with E-state index in [0.717, 1.165) is 45.1 Å². The van der Waals surface area contributed by atoms with Gasteiger partial charge in [0.2, 0.25) is 0 Å². The van der Waals surface area contributed by atoms with Crippen LogP contribution >= 0.6 is 0 Å². The average molecular weight is 268 g/mol. The summed E-state index contributed by atoms with van der Waals surface area (Å²) in [5.41, 5.74) is 0. The first kappa shape index (κ1) is 14.2. The van der Waals surface area contributed by atoms with Crippen LogP contribution in [0.4, 0.5) is 4.79 Å². The van der Waals surface area contributed by atoms with Gasteiger partial charge < -0.3 is 14.9 Å². The van der Waals surface area contributed by atoms with E-state index in [-0.39, 0.29) is 18.5 Å². The van der Waals surface area contributed by atoms with Crippen LogP contribution in [0.15, 0.2) is 0 Å².